The molecule has 3 heteroatoms. The van der Waals surface area contributed by atoms with E-state index in [1.54, 1.807) is 0 Å². The van der Waals surface area contributed by atoms with E-state index in [-0.39, 0.29) is 5.97 Å². The van der Waals surface area contributed by atoms with Crippen LogP contribution in [0.3, 0.4) is 0 Å². The molecule has 0 amide bonds. The largest absolute Gasteiger partial charge is 0.466 e. The van der Waals surface area contributed by atoms with Crippen molar-refractivity contribution >= 4 is 5.97 Å². The number of rotatable bonds is 8. The van der Waals surface area contributed by atoms with Crippen LogP contribution in [0.2, 0.25) is 0 Å². The third-order valence-corrected chi connectivity index (χ3v) is 2.90. The van der Waals surface area contributed by atoms with E-state index in [9.17, 15) is 4.79 Å². The Labute approximate surface area is 92.6 Å². The molecule has 1 saturated carbocycles. The van der Waals surface area contributed by atoms with E-state index >= 15 is 0 Å². The van der Waals surface area contributed by atoms with Crippen molar-refractivity contribution in [3.8, 4) is 0 Å². The molecular weight excluding hydrogens is 190 g/mol. The molecule has 88 valence electrons. The average Bonchev–Trinajstić information content (AvgIpc) is 3.02. The highest BCUT2D eigenvalue weighted by atomic mass is 16.5. The third-order valence-electron chi connectivity index (χ3n) is 2.90. The number of nitrogens with one attached hydrogen (secondary N) is 1. The number of hydrogen-bond acceptors (Lipinski definition) is 3. The van der Waals surface area contributed by atoms with Crippen molar-refractivity contribution in [2.45, 2.75) is 52.0 Å². The summed E-state index contributed by atoms with van der Waals surface area (Å²) >= 11 is 0. The van der Waals surface area contributed by atoms with Gasteiger partial charge in [0.05, 0.1) is 6.61 Å². The molecule has 0 aromatic heterocycles. The lowest BCUT2D eigenvalue weighted by molar-refractivity contribution is -0.143. The fraction of sp³-hybridized carbons (Fsp3) is 0.917. The zero-order chi connectivity index (χ0) is 11.1. The van der Waals surface area contributed by atoms with Gasteiger partial charge >= 0.3 is 5.97 Å². The Morgan fingerprint density at radius 3 is 2.73 bits per heavy atom. The van der Waals surface area contributed by atoms with Crippen LogP contribution in [0.4, 0.5) is 0 Å². The molecule has 0 aromatic rings. The zero-order valence-corrected chi connectivity index (χ0v) is 9.92. The number of hydrogen-bond donors (Lipinski definition) is 1. The standard InChI is InChI=1S/C12H23NO2/c1-3-11(10-7-8-10)13-9-5-6-12(14)15-4-2/h10-11,13H,3-9H2,1-2H3. The Morgan fingerprint density at radius 1 is 1.47 bits per heavy atom. The molecule has 1 fully saturated rings. The highest BCUT2D eigenvalue weighted by Crippen LogP contribution is 2.33. The monoisotopic (exact) mass is 213 g/mol. The molecule has 1 N–H and O–H groups in total. The van der Waals surface area contributed by atoms with Crippen molar-refractivity contribution in [1.29, 1.82) is 0 Å². The van der Waals surface area contributed by atoms with Gasteiger partial charge in [-0.15, -0.1) is 0 Å². The van der Waals surface area contributed by atoms with Crippen LogP contribution in [0.1, 0.15) is 46.0 Å². The Morgan fingerprint density at radius 2 is 2.20 bits per heavy atom. The van der Waals surface area contributed by atoms with E-state index in [1.807, 2.05) is 6.92 Å². The van der Waals surface area contributed by atoms with Crippen LogP contribution in [-0.2, 0) is 9.53 Å². The van der Waals surface area contributed by atoms with Crippen LogP contribution in [-0.4, -0.2) is 25.2 Å². The van der Waals surface area contributed by atoms with E-state index in [0.717, 1.165) is 18.9 Å². The van der Waals surface area contributed by atoms with E-state index in [1.165, 1.54) is 19.3 Å². The van der Waals surface area contributed by atoms with Crippen LogP contribution in [0.5, 0.6) is 0 Å². The predicted octanol–water partition coefficient (Wildman–Crippen LogP) is 2.11. The summed E-state index contributed by atoms with van der Waals surface area (Å²) in [6, 6.07) is 0.673. The summed E-state index contributed by atoms with van der Waals surface area (Å²) in [5.41, 5.74) is 0. The normalized spacial score (nSPS) is 17.5. The highest BCUT2D eigenvalue weighted by Gasteiger charge is 2.29. The molecule has 3 nitrogen and oxygen atoms in total. The molecule has 0 aliphatic heterocycles. The Bertz CT molecular complexity index is 190. The van der Waals surface area contributed by atoms with E-state index in [4.69, 9.17) is 4.74 Å². The molecule has 1 unspecified atom stereocenters. The smallest absolute Gasteiger partial charge is 0.305 e. The molecular formula is C12H23NO2. The molecule has 0 saturated heterocycles. The van der Waals surface area contributed by atoms with Crippen molar-refractivity contribution in [3.63, 3.8) is 0 Å². The first kappa shape index (κ1) is 12.5. The zero-order valence-electron chi connectivity index (χ0n) is 9.92. The summed E-state index contributed by atoms with van der Waals surface area (Å²) in [4.78, 5) is 11.1. The first-order valence-electron chi connectivity index (χ1n) is 6.16. The second-order valence-corrected chi connectivity index (χ2v) is 4.21. The van der Waals surface area contributed by atoms with Crippen LogP contribution >= 0.6 is 0 Å². The molecule has 1 aliphatic rings. The van der Waals surface area contributed by atoms with Crippen LogP contribution in [0.15, 0.2) is 0 Å². The molecule has 0 heterocycles. The number of carbonyl (C=O) groups excluding carboxylic acids is 1. The lowest BCUT2D eigenvalue weighted by Gasteiger charge is -2.15. The molecule has 1 atom stereocenters. The second-order valence-electron chi connectivity index (χ2n) is 4.21. The van der Waals surface area contributed by atoms with Gasteiger partial charge in [-0.05, 0) is 45.1 Å². The molecule has 0 bridgehead atoms. The predicted molar refractivity (Wildman–Crippen MR) is 60.7 cm³/mol. The SMILES string of the molecule is CCOC(=O)CCCNC(CC)C1CC1. The quantitative estimate of drug-likeness (QED) is 0.496. The van der Waals surface area contributed by atoms with Gasteiger partial charge < -0.3 is 10.1 Å². The lowest BCUT2D eigenvalue weighted by atomic mass is 10.1. The van der Waals surface area contributed by atoms with Gasteiger partial charge in [-0.25, -0.2) is 0 Å². The van der Waals surface area contributed by atoms with Gasteiger partial charge in [0.2, 0.25) is 0 Å². The topological polar surface area (TPSA) is 38.3 Å². The van der Waals surface area contributed by atoms with E-state index in [0.29, 0.717) is 19.1 Å². The summed E-state index contributed by atoms with van der Waals surface area (Å²) in [7, 11) is 0. The van der Waals surface area contributed by atoms with Gasteiger partial charge in [-0.2, -0.15) is 0 Å². The average molecular weight is 213 g/mol. The minimum Gasteiger partial charge on any atom is -0.466 e. The Kier molecular flexibility index (Phi) is 5.69. The van der Waals surface area contributed by atoms with Crippen LogP contribution in [0, 0.1) is 5.92 Å². The number of carbonyl (C=O) groups is 1. The van der Waals surface area contributed by atoms with Crippen LogP contribution in [0.25, 0.3) is 0 Å². The third kappa shape index (κ3) is 5.17. The molecule has 1 rings (SSSR count). The van der Waals surface area contributed by atoms with Crippen molar-refractivity contribution in [2.75, 3.05) is 13.2 Å². The van der Waals surface area contributed by atoms with E-state index in [2.05, 4.69) is 12.2 Å². The van der Waals surface area contributed by atoms with Crippen molar-refractivity contribution < 1.29 is 9.53 Å². The molecule has 0 aromatic carbocycles. The maximum absolute atomic E-state index is 11.1. The van der Waals surface area contributed by atoms with Gasteiger partial charge in [0.1, 0.15) is 0 Å². The lowest BCUT2D eigenvalue weighted by Crippen LogP contribution is -2.31. The van der Waals surface area contributed by atoms with Crippen LogP contribution < -0.4 is 5.32 Å². The minimum absolute atomic E-state index is 0.0706. The van der Waals surface area contributed by atoms with Gasteiger partial charge in [-0.1, -0.05) is 6.92 Å². The fourth-order valence-corrected chi connectivity index (χ4v) is 1.90. The first-order chi connectivity index (χ1) is 7.27. The molecule has 0 spiro atoms. The summed E-state index contributed by atoms with van der Waals surface area (Å²) in [5.74, 6) is 0.830. The van der Waals surface area contributed by atoms with Gasteiger partial charge in [0, 0.05) is 12.5 Å². The molecule has 1 aliphatic carbocycles. The summed E-state index contributed by atoms with van der Waals surface area (Å²) in [6.07, 6.45) is 5.39. The summed E-state index contributed by atoms with van der Waals surface area (Å²) in [5, 5.41) is 3.52. The Balaban J connectivity index is 1.97. The maximum atomic E-state index is 11.1. The van der Waals surface area contributed by atoms with Gasteiger partial charge in [-0.3, -0.25) is 4.79 Å². The van der Waals surface area contributed by atoms with Crippen molar-refractivity contribution in [3.05, 3.63) is 0 Å². The molecule has 0 radical (unpaired) electrons. The molecule has 15 heavy (non-hydrogen) atoms. The van der Waals surface area contributed by atoms with Crippen molar-refractivity contribution in [1.82, 2.24) is 5.32 Å². The fourth-order valence-electron chi connectivity index (χ4n) is 1.90. The summed E-state index contributed by atoms with van der Waals surface area (Å²) in [6.45, 7) is 5.50. The summed E-state index contributed by atoms with van der Waals surface area (Å²) < 4.78 is 4.87. The highest BCUT2D eigenvalue weighted by molar-refractivity contribution is 5.69. The van der Waals surface area contributed by atoms with E-state index < -0.39 is 0 Å². The minimum atomic E-state index is -0.0706. The van der Waals surface area contributed by atoms with Crippen molar-refractivity contribution in [2.24, 2.45) is 5.92 Å². The van der Waals surface area contributed by atoms with Gasteiger partial charge in [0.15, 0.2) is 0 Å². The van der Waals surface area contributed by atoms with Gasteiger partial charge in [0.25, 0.3) is 0 Å². The second kappa shape index (κ2) is 6.83. The number of ether oxygens (including phenoxy) is 1. The Hall–Kier alpha value is -0.570. The first-order valence-corrected chi connectivity index (χ1v) is 6.16. The number of esters is 1. The maximum Gasteiger partial charge on any atom is 0.305 e.